The van der Waals surface area contributed by atoms with E-state index in [4.69, 9.17) is 5.73 Å². The fourth-order valence-electron chi connectivity index (χ4n) is 2.25. The first-order valence-corrected chi connectivity index (χ1v) is 6.20. The van der Waals surface area contributed by atoms with E-state index in [-0.39, 0.29) is 0 Å². The van der Waals surface area contributed by atoms with Gasteiger partial charge in [0, 0.05) is 31.7 Å². The number of aromatic nitrogens is 2. The van der Waals surface area contributed by atoms with Crippen LogP contribution in [0.15, 0.2) is 6.20 Å². The largest absolute Gasteiger partial charge is 0.326 e. The van der Waals surface area contributed by atoms with Crippen LogP contribution in [0, 0.1) is 5.92 Å². The van der Waals surface area contributed by atoms with E-state index in [0.29, 0.717) is 6.54 Å². The average molecular weight is 222 g/mol. The minimum Gasteiger partial charge on any atom is -0.326 e. The van der Waals surface area contributed by atoms with Crippen LogP contribution in [0.4, 0.5) is 0 Å². The molecule has 2 N–H and O–H groups in total. The molecule has 0 bridgehead atoms. The van der Waals surface area contributed by atoms with Crippen molar-refractivity contribution in [1.82, 2.24) is 14.7 Å². The van der Waals surface area contributed by atoms with Crippen molar-refractivity contribution in [2.45, 2.75) is 39.9 Å². The van der Waals surface area contributed by atoms with Gasteiger partial charge in [0.05, 0.1) is 18.4 Å². The van der Waals surface area contributed by atoms with Crippen molar-refractivity contribution in [3.8, 4) is 0 Å². The maximum Gasteiger partial charge on any atom is 0.0569 e. The molecule has 0 saturated heterocycles. The second-order valence-corrected chi connectivity index (χ2v) is 4.79. The Labute approximate surface area is 97.4 Å². The Morgan fingerprint density at radius 3 is 3.00 bits per heavy atom. The number of nitrogens with zero attached hydrogens (tertiary/aromatic N) is 3. The Hall–Kier alpha value is -0.870. The molecule has 0 aliphatic carbocycles. The van der Waals surface area contributed by atoms with Gasteiger partial charge >= 0.3 is 0 Å². The zero-order chi connectivity index (χ0) is 11.5. The lowest BCUT2D eigenvalue weighted by molar-refractivity contribution is 0.184. The third kappa shape index (κ3) is 2.28. The van der Waals surface area contributed by atoms with Gasteiger partial charge in [0.2, 0.25) is 0 Å². The summed E-state index contributed by atoms with van der Waals surface area (Å²) in [6.45, 7) is 9.49. The molecule has 2 heterocycles. The first-order valence-electron chi connectivity index (χ1n) is 6.20. The molecule has 2 rings (SSSR count). The summed E-state index contributed by atoms with van der Waals surface area (Å²) in [5.41, 5.74) is 8.24. The lowest BCUT2D eigenvalue weighted by Crippen LogP contribution is -2.37. The summed E-state index contributed by atoms with van der Waals surface area (Å²) >= 11 is 0. The molecular weight excluding hydrogens is 200 g/mol. The second kappa shape index (κ2) is 4.97. The fourth-order valence-corrected chi connectivity index (χ4v) is 2.25. The highest BCUT2D eigenvalue weighted by Crippen LogP contribution is 2.17. The molecule has 1 aromatic rings. The summed E-state index contributed by atoms with van der Waals surface area (Å²) in [5.74, 6) is 0.774. The number of hydrogen-bond acceptors (Lipinski definition) is 3. The zero-order valence-electron chi connectivity index (χ0n) is 10.3. The van der Waals surface area contributed by atoms with Crippen LogP contribution in [0.5, 0.6) is 0 Å². The van der Waals surface area contributed by atoms with E-state index in [0.717, 1.165) is 25.6 Å². The summed E-state index contributed by atoms with van der Waals surface area (Å²) in [4.78, 5) is 2.52. The topological polar surface area (TPSA) is 47.1 Å². The minimum absolute atomic E-state index is 0.604. The molecule has 4 heteroatoms. The number of nitrogens with two attached hydrogens (primary N) is 1. The minimum atomic E-state index is 0.604. The molecule has 0 aromatic carbocycles. The summed E-state index contributed by atoms with van der Waals surface area (Å²) in [7, 11) is 0. The van der Waals surface area contributed by atoms with Gasteiger partial charge in [0.25, 0.3) is 0 Å². The lowest BCUT2D eigenvalue weighted by Gasteiger charge is -2.30. The molecule has 0 saturated carbocycles. The summed E-state index contributed by atoms with van der Waals surface area (Å²) in [6.07, 6.45) is 3.17. The highest BCUT2D eigenvalue weighted by molar-refractivity contribution is 5.18. The number of hydrogen-bond donors (Lipinski definition) is 1. The first kappa shape index (κ1) is 11.6. The van der Waals surface area contributed by atoms with Gasteiger partial charge < -0.3 is 5.73 Å². The van der Waals surface area contributed by atoms with Crippen molar-refractivity contribution in [1.29, 1.82) is 0 Å². The molecule has 16 heavy (non-hydrogen) atoms. The third-order valence-electron chi connectivity index (χ3n) is 3.52. The highest BCUT2D eigenvalue weighted by Gasteiger charge is 2.20. The molecule has 1 unspecified atom stereocenters. The molecule has 1 aromatic heterocycles. The lowest BCUT2D eigenvalue weighted by atomic mass is 10.1. The molecular formula is C12H22N4. The zero-order valence-corrected chi connectivity index (χ0v) is 10.3. The predicted molar refractivity (Wildman–Crippen MR) is 64.9 cm³/mol. The second-order valence-electron chi connectivity index (χ2n) is 4.79. The van der Waals surface area contributed by atoms with E-state index in [1.807, 2.05) is 6.20 Å². The standard InChI is InChI=1S/C12H22N4/c1-3-10(2)8-15-4-5-16-12(9-15)11(6-13)7-14-16/h7,10H,3-6,8-9,13H2,1-2H3. The van der Waals surface area contributed by atoms with Crippen LogP contribution >= 0.6 is 0 Å². The Morgan fingerprint density at radius 2 is 2.31 bits per heavy atom. The summed E-state index contributed by atoms with van der Waals surface area (Å²) in [5, 5.41) is 4.37. The Kier molecular flexibility index (Phi) is 3.61. The molecule has 0 amide bonds. The molecule has 1 aliphatic rings. The van der Waals surface area contributed by atoms with E-state index in [2.05, 4.69) is 28.5 Å². The smallest absolute Gasteiger partial charge is 0.0569 e. The summed E-state index contributed by atoms with van der Waals surface area (Å²) < 4.78 is 2.11. The van der Waals surface area contributed by atoms with E-state index < -0.39 is 0 Å². The maximum absolute atomic E-state index is 5.72. The number of rotatable bonds is 4. The molecule has 90 valence electrons. The van der Waals surface area contributed by atoms with Gasteiger partial charge in [-0.3, -0.25) is 9.58 Å². The Balaban J connectivity index is 2.04. The van der Waals surface area contributed by atoms with E-state index >= 15 is 0 Å². The molecule has 0 radical (unpaired) electrons. The van der Waals surface area contributed by atoms with Gasteiger partial charge in [-0.2, -0.15) is 5.10 Å². The van der Waals surface area contributed by atoms with Gasteiger partial charge in [0.1, 0.15) is 0 Å². The molecule has 0 fully saturated rings. The molecule has 1 aliphatic heterocycles. The van der Waals surface area contributed by atoms with Crippen LogP contribution in [0.25, 0.3) is 0 Å². The van der Waals surface area contributed by atoms with Crippen molar-refractivity contribution in [2.24, 2.45) is 11.7 Å². The normalized spacial score (nSPS) is 18.4. The highest BCUT2D eigenvalue weighted by atomic mass is 15.3. The van der Waals surface area contributed by atoms with Crippen molar-refractivity contribution < 1.29 is 0 Å². The monoisotopic (exact) mass is 222 g/mol. The van der Waals surface area contributed by atoms with Crippen LogP contribution < -0.4 is 5.73 Å². The van der Waals surface area contributed by atoms with E-state index in [1.165, 1.54) is 24.2 Å². The maximum atomic E-state index is 5.72. The van der Waals surface area contributed by atoms with Crippen molar-refractivity contribution in [2.75, 3.05) is 13.1 Å². The van der Waals surface area contributed by atoms with Gasteiger partial charge in [-0.15, -0.1) is 0 Å². The van der Waals surface area contributed by atoms with Crippen LogP contribution in [0.1, 0.15) is 31.5 Å². The van der Waals surface area contributed by atoms with Crippen LogP contribution in [-0.2, 0) is 19.6 Å². The van der Waals surface area contributed by atoms with Crippen LogP contribution in [-0.4, -0.2) is 27.8 Å². The van der Waals surface area contributed by atoms with Crippen molar-refractivity contribution in [3.63, 3.8) is 0 Å². The van der Waals surface area contributed by atoms with E-state index in [9.17, 15) is 0 Å². The van der Waals surface area contributed by atoms with Gasteiger partial charge in [-0.1, -0.05) is 20.3 Å². The average Bonchev–Trinajstić information content (AvgIpc) is 2.71. The third-order valence-corrected chi connectivity index (χ3v) is 3.52. The molecule has 4 nitrogen and oxygen atoms in total. The van der Waals surface area contributed by atoms with Crippen molar-refractivity contribution >= 4 is 0 Å². The van der Waals surface area contributed by atoms with Crippen LogP contribution in [0.3, 0.4) is 0 Å². The van der Waals surface area contributed by atoms with Gasteiger partial charge in [-0.25, -0.2) is 0 Å². The fraction of sp³-hybridized carbons (Fsp3) is 0.750. The Morgan fingerprint density at radius 1 is 1.50 bits per heavy atom. The molecule has 1 atom stereocenters. The first-order chi connectivity index (χ1) is 7.74. The van der Waals surface area contributed by atoms with Gasteiger partial charge in [-0.05, 0) is 5.92 Å². The summed E-state index contributed by atoms with van der Waals surface area (Å²) in [6, 6.07) is 0. The number of fused-ring (bicyclic) bond motifs is 1. The SMILES string of the molecule is CCC(C)CN1CCn2ncc(CN)c2C1. The molecule has 0 spiro atoms. The van der Waals surface area contributed by atoms with Gasteiger partial charge in [0.15, 0.2) is 0 Å². The predicted octanol–water partition coefficient (Wildman–Crippen LogP) is 1.20. The quantitative estimate of drug-likeness (QED) is 0.833. The van der Waals surface area contributed by atoms with Crippen LogP contribution in [0.2, 0.25) is 0 Å². The van der Waals surface area contributed by atoms with Crippen molar-refractivity contribution in [3.05, 3.63) is 17.5 Å². The Bertz CT molecular complexity index is 331. The van der Waals surface area contributed by atoms with E-state index in [1.54, 1.807) is 0 Å².